The van der Waals surface area contributed by atoms with E-state index in [1.54, 1.807) is 0 Å². The minimum atomic E-state index is 0.109. The quantitative estimate of drug-likeness (QED) is 0.779. The molecule has 19 heavy (non-hydrogen) atoms. The maximum Gasteiger partial charge on any atom is 0.260 e. The van der Waals surface area contributed by atoms with E-state index in [-0.39, 0.29) is 12.5 Å². The van der Waals surface area contributed by atoms with Gasteiger partial charge in [-0.1, -0.05) is 30.4 Å². The molecule has 100 valence electrons. The monoisotopic (exact) mass is 257 g/mol. The van der Waals surface area contributed by atoms with Crippen molar-refractivity contribution in [2.45, 2.75) is 12.8 Å². The zero-order valence-electron chi connectivity index (χ0n) is 11.0. The van der Waals surface area contributed by atoms with Gasteiger partial charge in [-0.05, 0) is 36.8 Å². The molecule has 0 spiro atoms. The molecule has 1 saturated heterocycles. The lowest BCUT2D eigenvalue weighted by atomic mass is 9.86. The standard InChI is InChI=1S/C16H19NO2/c18-16(12-19-15-8-2-1-3-9-15)17-10-13-6-4-5-7-14(13)11-17/h1-5,8-9,13-14H,6-7,10-12H2/t13-,14+. The normalized spacial score (nSPS) is 25.2. The molecule has 3 nitrogen and oxygen atoms in total. The highest BCUT2D eigenvalue weighted by Gasteiger charge is 2.34. The summed E-state index contributed by atoms with van der Waals surface area (Å²) in [5.74, 6) is 2.18. The molecule has 1 fully saturated rings. The highest BCUT2D eigenvalue weighted by Crippen LogP contribution is 2.32. The lowest BCUT2D eigenvalue weighted by Crippen LogP contribution is -2.33. The number of allylic oxidation sites excluding steroid dienone is 2. The second kappa shape index (κ2) is 5.47. The molecule has 0 saturated carbocycles. The lowest BCUT2D eigenvalue weighted by Gasteiger charge is -2.17. The van der Waals surface area contributed by atoms with Gasteiger partial charge in [-0.25, -0.2) is 0 Å². The van der Waals surface area contributed by atoms with Gasteiger partial charge in [0.05, 0.1) is 0 Å². The number of para-hydroxylation sites is 1. The largest absolute Gasteiger partial charge is 0.484 e. The fourth-order valence-electron chi connectivity index (χ4n) is 2.97. The summed E-state index contributed by atoms with van der Waals surface area (Å²) in [5.41, 5.74) is 0. The molecule has 1 aromatic rings. The lowest BCUT2D eigenvalue weighted by molar-refractivity contribution is -0.132. The first-order valence-corrected chi connectivity index (χ1v) is 6.93. The van der Waals surface area contributed by atoms with Crippen LogP contribution >= 0.6 is 0 Å². The second-order valence-corrected chi connectivity index (χ2v) is 5.36. The summed E-state index contributed by atoms with van der Waals surface area (Å²) >= 11 is 0. The van der Waals surface area contributed by atoms with E-state index in [4.69, 9.17) is 4.74 Å². The Morgan fingerprint density at radius 1 is 1.11 bits per heavy atom. The maximum atomic E-state index is 12.1. The fourth-order valence-corrected chi connectivity index (χ4v) is 2.97. The zero-order chi connectivity index (χ0) is 13.1. The molecule has 0 aromatic heterocycles. The van der Waals surface area contributed by atoms with Crippen LogP contribution in [0.2, 0.25) is 0 Å². The topological polar surface area (TPSA) is 29.5 Å². The van der Waals surface area contributed by atoms with Crippen LogP contribution < -0.4 is 4.74 Å². The molecule has 0 radical (unpaired) electrons. The van der Waals surface area contributed by atoms with Crippen LogP contribution in [-0.2, 0) is 4.79 Å². The van der Waals surface area contributed by atoms with Gasteiger partial charge in [-0.3, -0.25) is 4.79 Å². The number of hydrogen-bond donors (Lipinski definition) is 0. The van der Waals surface area contributed by atoms with E-state index in [0.717, 1.165) is 31.7 Å². The molecule has 2 atom stereocenters. The van der Waals surface area contributed by atoms with Crippen LogP contribution in [0.15, 0.2) is 42.5 Å². The van der Waals surface area contributed by atoms with Crippen LogP contribution in [0.1, 0.15) is 12.8 Å². The summed E-state index contributed by atoms with van der Waals surface area (Å²) in [6.07, 6.45) is 6.73. The number of carbonyl (C=O) groups is 1. The fraction of sp³-hybridized carbons (Fsp3) is 0.438. The smallest absolute Gasteiger partial charge is 0.260 e. The molecule has 0 unspecified atom stereocenters. The van der Waals surface area contributed by atoms with Gasteiger partial charge >= 0.3 is 0 Å². The van der Waals surface area contributed by atoms with Crippen LogP contribution in [-0.4, -0.2) is 30.5 Å². The Morgan fingerprint density at radius 3 is 2.37 bits per heavy atom. The van der Waals surface area contributed by atoms with Gasteiger partial charge in [0, 0.05) is 13.1 Å². The van der Waals surface area contributed by atoms with Gasteiger partial charge in [-0.2, -0.15) is 0 Å². The Kier molecular flexibility index (Phi) is 3.53. The summed E-state index contributed by atoms with van der Waals surface area (Å²) in [4.78, 5) is 14.1. The Hall–Kier alpha value is -1.77. The average molecular weight is 257 g/mol. The molecule has 0 bridgehead atoms. The predicted molar refractivity (Wildman–Crippen MR) is 73.9 cm³/mol. The number of benzene rings is 1. The van der Waals surface area contributed by atoms with Crippen LogP contribution in [0.4, 0.5) is 0 Å². The summed E-state index contributed by atoms with van der Waals surface area (Å²) in [7, 11) is 0. The molecule has 1 aromatic carbocycles. The molecular formula is C16H19NO2. The minimum absolute atomic E-state index is 0.109. The molecule has 1 aliphatic heterocycles. The number of hydrogen-bond acceptors (Lipinski definition) is 2. The summed E-state index contributed by atoms with van der Waals surface area (Å²) < 4.78 is 5.53. The van der Waals surface area contributed by atoms with E-state index in [1.165, 1.54) is 0 Å². The van der Waals surface area contributed by atoms with Gasteiger partial charge in [0.15, 0.2) is 6.61 Å². The van der Waals surface area contributed by atoms with Crippen molar-refractivity contribution in [2.24, 2.45) is 11.8 Å². The van der Waals surface area contributed by atoms with Crippen molar-refractivity contribution in [3.8, 4) is 5.75 Å². The molecule has 0 N–H and O–H groups in total. The van der Waals surface area contributed by atoms with E-state index in [1.807, 2.05) is 35.2 Å². The molecule has 3 rings (SSSR count). The van der Waals surface area contributed by atoms with Crippen molar-refractivity contribution < 1.29 is 9.53 Å². The van der Waals surface area contributed by atoms with E-state index < -0.39 is 0 Å². The third kappa shape index (κ3) is 2.80. The van der Waals surface area contributed by atoms with Crippen molar-refractivity contribution in [3.05, 3.63) is 42.5 Å². The van der Waals surface area contributed by atoms with Crippen LogP contribution in [0.3, 0.4) is 0 Å². The predicted octanol–water partition coefficient (Wildman–Crippen LogP) is 2.49. The molecule has 3 heteroatoms. The van der Waals surface area contributed by atoms with Gasteiger partial charge in [-0.15, -0.1) is 0 Å². The minimum Gasteiger partial charge on any atom is -0.484 e. The molecule has 1 aliphatic carbocycles. The number of amides is 1. The van der Waals surface area contributed by atoms with Gasteiger partial charge in [0.2, 0.25) is 0 Å². The van der Waals surface area contributed by atoms with Crippen molar-refractivity contribution in [3.63, 3.8) is 0 Å². The van der Waals surface area contributed by atoms with Crippen molar-refractivity contribution in [1.82, 2.24) is 4.90 Å². The van der Waals surface area contributed by atoms with Gasteiger partial charge in [0.1, 0.15) is 5.75 Å². The Balaban J connectivity index is 1.52. The first kappa shape index (κ1) is 12.3. The number of ether oxygens (including phenoxy) is 1. The van der Waals surface area contributed by atoms with Crippen molar-refractivity contribution in [2.75, 3.05) is 19.7 Å². The van der Waals surface area contributed by atoms with E-state index in [0.29, 0.717) is 11.8 Å². The number of carbonyl (C=O) groups excluding carboxylic acids is 1. The van der Waals surface area contributed by atoms with Gasteiger partial charge in [0.25, 0.3) is 5.91 Å². The number of fused-ring (bicyclic) bond motifs is 1. The Bertz CT molecular complexity index is 453. The van der Waals surface area contributed by atoms with E-state index in [9.17, 15) is 4.79 Å². The number of nitrogens with zero attached hydrogens (tertiary/aromatic N) is 1. The number of likely N-dealkylation sites (tertiary alicyclic amines) is 1. The van der Waals surface area contributed by atoms with Gasteiger partial charge < -0.3 is 9.64 Å². The van der Waals surface area contributed by atoms with E-state index >= 15 is 0 Å². The molecule has 1 heterocycles. The third-order valence-electron chi connectivity index (χ3n) is 4.08. The molecule has 2 aliphatic rings. The Morgan fingerprint density at radius 2 is 1.74 bits per heavy atom. The molecule has 1 amide bonds. The SMILES string of the molecule is O=C(COc1ccccc1)N1C[C@H]2CC=CC[C@H]2C1. The van der Waals surface area contributed by atoms with E-state index in [2.05, 4.69) is 12.2 Å². The zero-order valence-corrected chi connectivity index (χ0v) is 11.0. The van der Waals surface area contributed by atoms with Crippen molar-refractivity contribution >= 4 is 5.91 Å². The highest BCUT2D eigenvalue weighted by atomic mass is 16.5. The van der Waals surface area contributed by atoms with Crippen molar-refractivity contribution in [1.29, 1.82) is 0 Å². The first-order valence-electron chi connectivity index (χ1n) is 6.93. The Labute approximate surface area is 113 Å². The summed E-state index contributed by atoms with van der Waals surface area (Å²) in [6, 6.07) is 9.51. The van der Waals surface area contributed by atoms with Crippen LogP contribution in [0.5, 0.6) is 5.75 Å². The van der Waals surface area contributed by atoms with Crippen LogP contribution in [0.25, 0.3) is 0 Å². The van der Waals surface area contributed by atoms with Crippen LogP contribution in [0, 0.1) is 11.8 Å². The molecular weight excluding hydrogens is 238 g/mol. The highest BCUT2D eigenvalue weighted by molar-refractivity contribution is 5.78. The third-order valence-corrected chi connectivity index (χ3v) is 4.08. The average Bonchev–Trinajstić information content (AvgIpc) is 2.90. The first-order chi connectivity index (χ1) is 9.33. The summed E-state index contributed by atoms with van der Waals surface area (Å²) in [5, 5.41) is 0. The maximum absolute atomic E-state index is 12.1. The second-order valence-electron chi connectivity index (χ2n) is 5.36. The summed E-state index contributed by atoms with van der Waals surface area (Å²) in [6.45, 7) is 1.94. The number of rotatable bonds is 3.